The molecule has 0 bridgehead atoms. The Balaban J connectivity index is 2.28. The monoisotopic (exact) mass is 275 g/mol. The highest BCUT2D eigenvalue weighted by Crippen LogP contribution is 2.36. The number of amides is 1. The zero-order valence-electron chi connectivity index (χ0n) is 13.1. The first-order valence-corrected chi connectivity index (χ1v) is 6.84. The van der Waals surface area contributed by atoms with Crippen LogP contribution in [0.2, 0.25) is 0 Å². The number of nitrogens with zero attached hydrogens (tertiary/aromatic N) is 1. The molecular formula is C15H22BNO3. The molecule has 0 spiro atoms. The Morgan fingerprint density at radius 1 is 1.15 bits per heavy atom. The molecule has 1 aromatic carbocycles. The summed E-state index contributed by atoms with van der Waals surface area (Å²) in [6, 6.07) is 7.70. The number of benzene rings is 1. The quantitative estimate of drug-likeness (QED) is 0.774. The van der Waals surface area contributed by atoms with Crippen molar-refractivity contribution in [2.45, 2.75) is 45.8 Å². The minimum Gasteiger partial charge on any atom is -0.399 e. The van der Waals surface area contributed by atoms with Gasteiger partial charge < -0.3 is 14.2 Å². The molecule has 0 saturated carbocycles. The van der Waals surface area contributed by atoms with Crippen LogP contribution >= 0.6 is 0 Å². The van der Waals surface area contributed by atoms with E-state index in [1.807, 2.05) is 52.0 Å². The van der Waals surface area contributed by atoms with E-state index in [-0.39, 0.29) is 17.1 Å². The van der Waals surface area contributed by atoms with Crippen LogP contribution in [0.25, 0.3) is 0 Å². The molecule has 5 heteroatoms. The van der Waals surface area contributed by atoms with Crippen molar-refractivity contribution in [2.24, 2.45) is 0 Å². The smallest absolute Gasteiger partial charge is 0.399 e. The van der Waals surface area contributed by atoms with Crippen molar-refractivity contribution < 1.29 is 14.1 Å². The van der Waals surface area contributed by atoms with E-state index in [1.165, 1.54) is 0 Å². The summed E-state index contributed by atoms with van der Waals surface area (Å²) in [5, 5.41) is 0. The number of carbonyl (C=O) groups excluding carboxylic acids is 1. The summed E-state index contributed by atoms with van der Waals surface area (Å²) in [6.07, 6.45) is 0. The second-order valence-electron chi connectivity index (χ2n) is 6.26. The van der Waals surface area contributed by atoms with Crippen molar-refractivity contribution in [3.8, 4) is 0 Å². The van der Waals surface area contributed by atoms with Gasteiger partial charge in [0.1, 0.15) is 0 Å². The van der Waals surface area contributed by atoms with Crippen LogP contribution in [0.3, 0.4) is 0 Å². The van der Waals surface area contributed by atoms with Crippen LogP contribution in [0.1, 0.15) is 34.6 Å². The maximum Gasteiger partial charge on any atom is 0.494 e. The van der Waals surface area contributed by atoms with Crippen LogP contribution in [0.5, 0.6) is 0 Å². The summed E-state index contributed by atoms with van der Waals surface area (Å²) in [6.45, 7) is 9.65. The van der Waals surface area contributed by atoms with Crippen LogP contribution in [0.15, 0.2) is 24.3 Å². The molecule has 1 saturated heterocycles. The Morgan fingerprint density at radius 2 is 1.70 bits per heavy atom. The van der Waals surface area contributed by atoms with Gasteiger partial charge in [-0.1, -0.05) is 12.1 Å². The summed E-state index contributed by atoms with van der Waals surface area (Å²) in [5.74, 6) is -0.00364. The van der Waals surface area contributed by atoms with E-state index in [2.05, 4.69) is 0 Å². The predicted molar refractivity (Wildman–Crippen MR) is 81.2 cm³/mol. The molecular weight excluding hydrogens is 253 g/mol. The third-order valence-electron chi connectivity index (χ3n) is 4.26. The van der Waals surface area contributed by atoms with Crippen molar-refractivity contribution >= 4 is 24.2 Å². The number of rotatable bonds is 2. The number of hydrogen-bond acceptors (Lipinski definition) is 3. The molecule has 4 nitrogen and oxygen atoms in total. The van der Waals surface area contributed by atoms with Crippen molar-refractivity contribution in [3.63, 3.8) is 0 Å². The van der Waals surface area contributed by atoms with Gasteiger partial charge in [0.05, 0.1) is 11.2 Å². The molecule has 1 aliphatic heterocycles. The van der Waals surface area contributed by atoms with E-state index < -0.39 is 7.12 Å². The third kappa shape index (κ3) is 2.60. The molecule has 0 aromatic heterocycles. The second kappa shape index (κ2) is 4.90. The highest BCUT2D eigenvalue weighted by Gasteiger charge is 2.51. The largest absolute Gasteiger partial charge is 0.494 e. The Bertz CT molecular complexity index is 512. The maximum absolute atomic E-state index is 11.4. The summed E-state index contributed by atoms with van der Waals surface area (Å²) in [5.41, 5.74) is 1.04. The molecule has 0 unspecified atom stereocenters. The molecule has 0 aliphatic carbocycles. The highest BCUT2D eigenvalue weighted by atomic mass is 16.7. The second-order valence-corrected chi connectivity index (χ2v) is 6.26. The van der Waals surface area contributed by atoms with Gasteiger partial charge in [0.2, 0.25) is 5.91 Å². The minimum atomic E-state index is -0.402. The lowest BCUT2D eigenvalue weighted by atomic mass is 9.79. The van der Waals surface area contributed by atoms with E-state index in [0.29, 0.717) is 0 Å². The molecule has 20 heavy (non-hydrogen) atoms. The van der Waals surface area contributed by atoms with Gasteiger partial charge in [-0.05, 0) is 45.3 Å². The lowest BCUT2D eigenvalue weighted by molar-refractivity contribution is -0.116. The SMILES string of the molecule is CC(=O)N(C)c1cccc(B2OC(C)(C)C(C)(C)O2)c1. The third-order valence-corrected chi connectivity index (χ3v) is 4.26. The van der Waals surface area contributed by atoms with E-state index in [0.717, 1.165) is 11.2 Å². The maximum atomic E-state index is 11.4. The fraction of sp³-hybridized carbons (Fsp3) is 0.533. The Morgan fingerprint density at radius 3 is 2.20 bits per heavy atom. The summed E-state index contributed by atoms with van der Waals surface area (Å²) < 4.78 is 12.0. The molecule has 1 heterocycles. The van der Waals surface area contributed by atoms with Gasteiger partial charge in [0, 0.05) is 19.7 Å². The molecule has 1 aliphatic rings. The van der Waals surface area contributed by atoms with Crippen LogP contribution in [0, 0.1) is 0 Å². The van der Waals surface area contributed by atoms with Gasteiger partial charge in [0.25, 0.3) is 0 Å². The molecule has 1 aromatic rings. The van der Waals surface area contributed by atoms with Crippen molar-refractivity contribution in [2.75, 3.05) is 11.9 Å². The highest BCUT2D eigenvalue weighted by molar-refractivity contribution is 6.62. The average Bonchev–Trinajstić information content (AvgIpc) is 2.57. The van der Waals surface area contributed by atoms with E-state index >= 15 is 0 Å². The van der Waals surface area contributed by atoms with Gasteiger partial charge >= 0.3 is 7.12 Å². The van der Waals surface area contributed by atoms with Crippen molar-refractivity contribution in [1.29, 1.82) is 0 Å². The molecule has 0 atom stereocenters. The Labute approximate surface area is 121 Å². The van der Waals surface area contributed by atoms with Gasteiger partial charge in [-0.3, -0.25) is 4.79 Å². The lowest BCUT2D eigenvalue weighted by Crippen LogP contribution is -2.41. The zero-order valence-corrected chi connectivity index (χ0v) is 13.1. The molecule has 2 rings (SSSR count). The topological polar surface area (TPSA) is 38.8 Å². The summed E-state index contributed by atoms with van der Waals surface area (Å²) in [4.78, 5) is 13.1. The first kappa shape index (κ1) is 15.1. The molecule has 0 radical (unpaired) electrons. The van der Waals surface area contributed by atoms with E-state index in [9.17, 15) is 4.79 Å². The first-order chi connectivity index (χ1) is 9.14. The predicted octanol–water partition coefficient (Wildman–Crippen LogP) is 1.97. The van der Waals surface area contributed by atoms with Gasteiger partial charge in [-0.2, -0.15) is 0 Å². The fourth-order valence-electron chi connectivity index (χ4n) is 2.04. The number of hydrogen-bond donors (Lipinski definition) is 0. The lowest BCUT2D eigenvalue weighted by Gasteiger charge is -2.32. The summed E-state index contributed by atoms with van der Waals surface area (Å²) >= 11 is 0. The number of anilines is 1. The van der Waals surface area contributed by atoms with Gasteiger partial charge in [-0.15, -0.1) is 0 Å². The normalized spacial score (nSPS) is 20.0. The first-order valence-electron chi connectivity index (χ1n) is 6.84. The standard InChI is InChI=1S/C15H22BNO3/c1-11(18)17(6)13-9-7-8-12(10-13)16-19-14(2,3)15(4,5)20-16/h7-10H,1-6H3. The fourth-order valence-corrected chi connectivity index (χ4v) is 2.04. The molecule has 1 fully saturated rings. The van der Waals surface area contributed by atoms with Crippen LogP contribution < -0.4 is 10.4 Å². The van der Waals surface area contributed by atoms with Crippen molar-refractivity contribution in [1.82, 2.24) is 0 Å². The minimum absolute atomic E-state index is 0.00364. The molecule has 1 amide bonds. The molecule has 108 valence electrons. The average molecular weight is 275 g/mol. The van der Waals surface area contributed by atoms with Crippen LogP contribution in [0.4, 0.5) is 5.69 Å². The van der Waals surface area contributed by atoms with Gasteiger partial charge in [0.15, 0.2) is 0 Å². The van der Waals surface area contributed by atoms with E-state index in [1.54, 1.807) is 18.9 Å². The van der Waals surface area contributed by atoms with Crippen molar-refractivity contribution in [3.05, 3.63) is 24.3 Å². The number of carbonyl (C=O) groups is 1. The Hall–Kier alpha value is -1.33. The van der Waals surface area contributed by atoms with Crippen LogP contribution in [-0.4, -0.2) is 31.3 Å². The summed E-state index contributed by atoms with van der Waals surface area (Å²) in [7, 11) is 1.35. The van der Waals surface area contributed by atoms with Crippen LogP contribution in [-0.2, 0) is 14.1 Å². The molecule has 0 N–H and O–H groups in total. The zero-order chi connectivity index (χ0) is 15.1. The Kier molecular flexibility index (Phi) is 3.69. The van der Waals surface area contributed by atoms with E-state index in [4.69, 9.17) is 9.31 Å². The van der Waals surface area contributed by atoms with Gasteiger partial charge in [-0.25, -0.2) is 0 Å².